The second kappa shape index (κ2) is 5.18. The van der Waals surface area contributed by atoms with Crippen LogP contribution >= 0.6 is 0 Å². The van der Waals surface area contributed by atoms with Gasteiger partial charge in [-0.05, 0) is 19.3 Å². The van der Waals surface area contributed by atoms with E-state index in [4.69, 9.17) is 0 Å². The maximum Gasteiger partial charge on any atom is 0.241 e. The van der Waals surface area contributed by atoms with Crippen molar-refractivity contribution in [2.24, 2.45) is 5.92 Å². The zero-order valence-corrected chi connectivity index (χ0v) is 7.88. The first-order valence-electron chi connectivity index (χ1n) is 5.03. The SMILES string of the molecule is CC[N]C(=O)CCC1CCCC1. The Labute approximate surface area is 74.7 Å². The van der Waals surface area contributed by atoms with Gasteiger partial charge in [-0.2, -0.15) is 0 Å². The summed E-state index contributed by atoms with van der Waals surface area (Å²) in [6.45, 7) is 2.55. The predicted molar refractivity (Wildman–Crippen MR) is 48.9 cm³/mol. The second-order valence-electron chi connectivity index (χ2n) is 3.56. The van der Waals surface area contributed by atoms with Crippen LogP contribution in [-0.4, -0.2) is 12.5 Å². The first-order valence-corrected chi connectivity index (χ1v) is 5.03. The molecule has 0 aromatic heterocycles. The van der Waals surface area contributed by atoms with E-state index in [1.165, 1.54) is 25.7 Å². The summed E-state index contributed by atoms with van der Waals surface area (Å²) in [5.74, 6) is 0.922. The molecule has 1 radical (unpaired) electrons. The summed E-state index contributed by atoms with van der Waals surface area (Å²) in [5, 5.41) is 3.85. The van der Waals surface area contributed by atoms with Crippen LogP contribution in [0.1, 0.15) is 45.4 Å². The number of carbonyl (C=O) groups is 1. The van der Waals surface area contributed by atoms with E-state index in [0.29, 0.717) is 13.0 Å². The fraction of sp³-hybridized carbons (Fsp3) is 0.900. The van der Waals surface area contributed by atoms with Crippen LogP contribution in [0.5, 0.6) is 0 Å². The van der Waals surface area contributed by atoms with Gasteiger partial charge in [0, 0.05) is 13.0 Å². The Hall–Kier alpha value is -0.530. The van der Waals surface area contributed by atoms with E-state index in [0.717, 1.165) is 12.3 Å². The summed E-state index contributed by atoms with van der Waals surface area (Å²) >= 11 is 0. The van der Waals surface area contributed by atoms with Gasteiger partial charge in [-0.15, -0.1) is 0 Å². The van der Waals surface area contributed by atoms with Crippen LogP contribution in [-0.2, 0) is 4.79 Å². The molecule has 2 heteroatoms. The summed E-state index contributed by atoms with van der Waals surface area (Å²) < 4.78 is 0. The highest BCUT2D eigenvalue weighted by molar-refractivity contribution is 5.75. The molecule has 0 heterocycles. The maximum atomic E-state index is 11.0. The van der Waals surface area contributed by atoms with Crippen LogP contribution in [0.15, 0.2) is 0 Å². The van der Waals surface area contributed by atoms with Crippen LogP contribution in [0.25, 0.3) is 0 Å². The van der Waals surface area contributed by atoms with E-state index in [2.05, 4.69) is 5.32 Å². The Bertz CT molecular complexity index is 139. The van der Waals surface area contributed by atoms with Crippen LogP contribution in [0.2, 0.25) is 0 Å². The molecular weight excluding hydrogens is 150 g/mol. The van der Waals surface area contributed by atoms with E-state index >= 15 is 0 Å². The molecule has 69 valence electrons. The Morgan fingerprint density at radius 2 is 2.08 bits per heavy atom. The molecule has 0 aromatic carbocycles. The van der Waals surface area contributed by atoms with Gasteiger partial charge < -0.3 is 0 Å². The van der Waals surface area contributed by atoms with Crippen molar-refractivity contribution in [3.05, 3.63) is 0 Å². The number of hydrogen-bond acceptors (Lipinski definition) is 1. The molecule has 0 aliphatic heterocycles. The molecule has 2 nitrogen and oxygen atoms in total. The molecule has 12 heavy (non-hydrogen) atoms. The molecule has 0 N–H and O–H groups in total. The first kappa shape index (κ1) is 9.56. The number of nitrogens with zero attached hydrogens (tertiary/aromatic N) is 1. The lowest BCUT2D eigenvalue weighted by Crippen LogP contribution is -2.15. The third kappa shape index (κ3) is 3.24. The quantitative estimate of drug-likeness (QED) is 0.632. The molecule has 1 aliphatic carbocycles. The lowest BCUT2D eigenvalue weighted by atomic mass is 10.0. The van der Waals surface area contributed by atoms with Crippen LogP contribution in [0, 0.1) is 5.92 Å². The van der Waals surface area contributed by atoms with Gasteiger partial charge in [-0.3, -0.25) is 10.1 Å². The molecular formula is C10H18NO. The Kier molecular flexibility index (Phi) is 4.12. The fourth-order valence-electron chi connectivity index (χ4n) is 1.88. The van der Waals surface area contributed by atoms with Gasteiger partial charge in [0.25, 0.3) is 0 Å². The van der Waals surface area contributed by atoms with Crippen molar-refractivity contribution < 1.29 is 4.79 Å². The van der Waals surface area contributed by atoms with Crippen molar-refractivity contribution in [2.45, 2.75) is 45.4 Å². The van der Waals surface area contributed by atoms with Gasteiger partial charge in [0.2, 0.25) is 5.91 Å². The molecule has 1 saturated carbocycles. The van der Waals surface area contributed by atoms with E-state index in [1.807, 2.05) is 6.92 Å². The third-order valence-electron chi connectivity index (χ3n) is 2.58. The summed E-state index contributed by atoms with van der Waals surface area (Å²) in [7, 11) is 0. The van der Waals surface area contributed by atoms with Crippen molar-refractivity contribution in [1.82, 2.24) is 5.32 Å². The van der Waals surface area contributed by atoms with Gasteiger partial charge in [0.05, 0.1) is 0 Å². The summed E-state index contributed by atoms with van der Waals surface area (Å²) in [4.78, 5) is 11.0. The van der Waals surface area contributed by atoms with Crippen molar-refractivity contribution in [1.29, 1.82) is 0 Å². The van der Waals surface area contributed by atoms with Crippen molar-refractivity contribution in [2.75, 3.05) is 6.54 Å². The molecule has 1 rings (SSSR count). The molecule has 0 atom stereocenters. The van der Waals surface area contributed by atoms with Gasteiger partial charge in [-0.1, -0.05) is 25.7 Å². The number of carbonyl (C=O) groups excluding carboxylic acids is 1. The highest BCUT2D eigenvalue weighted by Gasteiger charge is 2.15. The second-order valence-corrected chi connectivity index (χ2v) is 3.56. The average Bonchev–Trinajstić information content (AvgIpc) is 2.53. The Morgan fingerprint density at radius 3 is 2.67 bits per heavy atom. The number of amides is 1. The Morgan fingerprint density at radius 1 is 1.42 bits per heavy atom. The van der Waals surface area contributed by atoms with E-state index in [9.17, 15) is 4.79 Å². The fourth-order valence-corrected chi connectivity index (χ4v) is 1.88. The largest absolute Gasteiger partial charge is 0.273 e. The average molecular weight is 168 g/mol. The van der Waals surface area contributed by atoms with Crippen molar-refractivity contribution in [3.8, 4) is 0 Å². The number of rotatable bonds is 4. The van der Waals surface area contributed by atoms with Gasteiger partial charge in [-0.25, -0.2) is 0 Å². The van der Waals surface area contributed by atoms with E-state index in [-0.39, 0.29) is 5.91 Å². The van der Waals surface area contributed by atoms with Gasteiger partial charge >= 0.3 is 0 Å². The van der Waals surface area contributed by atoms with Crippen LogP contribution < -0.4 is 5.32 Å². The molecule has 0 spiro atoms. The standard InChI is InChI=1S/C10H18NO/c1-2-11-10(12)8-7-9-5-3-4-6-9/h9H,2-8H2,1H3. The van der Waals surface area contributed by atoms with Crippen LogP contribution in [0.3, 0.4) is 0 Å². The Balaban J connectivity index is 2.03. The van der Waals surface area contributed by atoms with Gasteiger partial charge in [0.15, 0.2) is 0 Å². The zero-order chi connectivity index (χ0) is 8.81. The number of hydrogen-bond donors (Lipinski definition) is 0. The molecule has 1 aliphatic rings. The monoisotopic (exact) mass is 168 g/mol. The normalized spacial score (nSPS) is 18.1. The minimum absolute atomic E-state index is 0.101. The third-order valence-corrected chi connectivity index (χ3v) is 2.58. The topological polar surface area (TPSA) is 31.2 Å². The highest BCUT2D eigenvalue weighted by Crippen LogP contribution is 2.28. The lowest BCUT2D eigenvalue weighted by molar-refractivity contribution is -0.121. The molecule has 0 bridgehead atoms. The van der Waals surface area contributed by atoms with E-state index < -0.39 is 0 Å². The molecule has 1 fully saturated rings. The summed E-state index contributed by atoms with van der Waals surface area (Å²) in [6.07, 6.45) is 7.15. The zero-order valence-electron chi connectivity index (χ0n) is 7.88. The molecule has 1 amide bonds. The summed E-state index contributed by atoms with van der Waals surface area (Å²) in [5.41, 5.74) is 0. The molecule has 0 aromatic rings. The first-order chi connectivity index (χ1) is 5.83. The van der Waals surface area contributed by atoms with Gasteiger partial charge in [0.1, 0.15) is 0 Å². The summed E-state index contributed by atoms with van der Waals surface area (Å²) in [6, 6.07) is 0. The van der Waals surface area contributed by atoms with E-state index in [1.54, 1.807) is 0 Å². The maximum absolute atomic E-state index is 11.0. The minimum Gasteiger partial charge on any atom is -0.273 e. The lowest BCUT2D eigenvalue weighted by Gasteiger charge is -2.06. The van der Waals surface area contributed by atoms with Crippen molar-refractivity contribution in [3.63, 3.8) is 0 Å². The highest BCUT2D eigenvalue weighted by atomic mass is 16.1. The molecule has 0 unspecified atom stereocenters. The smallest absolute Gasteiger partial charge is 0.241 e. The molecule has 0 saturated heterocycles. The van der Waals surface area contributed by atoms with Crippen LogP contribution in [0.4, 0.5) is 0 Å². The minimum atomic E-state index is 0.101. The predicted octanol–water partition coefficient (Wildman–Crippen LogP) is 2.11. The van der Waals surface area contributed by atoms with Crippen molar-refractivity contribution >= 4 is 5.91 Å².